The molecule has 1 aliphatic heterocycles. The van der Waals surface area contributed by atoms with E-state index < -0.39 is 0 Å². The zero-order valence-electron chi connectivity index (χ0n) is 12.9. The van der Waals surface area contributed by atoms with Gasteiger partial charge in [0.25, 0.3) is 0 Å². The van der Waals surface area contributed by atoms with Gasteiger partial charge in [0.1, 0.15) is 12.7 Å². The van der Waals surface area contributed by atoms with Crippen molar-refractivity contribution in [3.8, 4) is 11.3 Å². The average molecular weight is 309 g/mol. The third-order valence-electron chi connectivity index (χ3n) is 4.31. The summed E-state index contributed by atoms with van der Waals surface area (Å²) in [4.78, 5) is 10.9. The maximum atomic E-state index is 5.93. The predicted molar refractivity (Wildman–Crippen MR) is 85.4 cm³/mol. The molecule has 6 heteroatoms. The number of benzene rings is 1. The third-order valence-corrected chi connectivity index (χ3v) is 4.31. The first kappa shape index (κ1) is 14.1. The van der Waals surface area contributed by atoms with E-state index in [0.717, 1.165) is 36.8 Å². The number of hydrogen-bond donors (Lipinski definition) is 0. The first-order valence-electron chi connectivity index (χ1n) is 7.95. The van der Waals surface area contributed by atoms with E-state index in [0.29, 0.717) is 6.04 Å². The van der Waals surface area contributed by atoms with Gasteiger partial charge < -0.3 is 4.42 Å². The average Bonchev–Trinajstić information content (AvgIpc) is 3.33. The van der Waals surface area contributed by atoms with Gasteiger partial charge in [-0.25, -0.2) is 9.97 Å². The van der Waals surface area contributed by atoms with Crippen LogP contribution >= 0.6 is 0 Å². The standard InChI is InChI=1S/C17H19N5O/c1-2-5-14(6-3-1)16-9-19-17(23-16)11-21-8-4-7-15(21)10-22-13-18-12-20-22/h1-3,5-6,9,12-13,15H,4,7-8,10-11H2/t15-/m1/s1. The Morgan fingerprint density at radius 1 is 1.22 bits per heavy atom. The summed E-state index contributed by atoms with van der Waals surface area (Å²) in [6, 6.07) is 10.5. The van der Waals surface area contributed by atoms with Gasteiger partial charge in [-0.3, -0.25) is 9.58 Å². The fourth-order valence-corrected chi connectivity index (χ4v) is 3.15. The summed E-state index contributed by atoms with van der Waals surface area (Å²) < 4.78 is 7.82. The lowest BCUT2D eigenvalue weighted by Gasteiger charge is -2.22. The summed E-state index contributed by atoms with van der Waals surface area (Å²) in [7, 11) is 0. The lowest BCUT2D eigenvalue weighted by Crippen LogP contribution is -2.32. The summed E-state index contributed by atoms with van der Waals surface area (Å²) in [5.41, 5.74) is 1.06. The molecule has 0 unspecified atom stereocenters. The van der Waals surface area contributed by atoms with E-state index in [1.165, 1.54) is 12.8 Å². The van der Waals surface area contributed by atoms with Gasteiger partial charge in [0, 0.05) is 11.6 Å². The van der Waals surface area contributed by atoms with Crippen LogP contribution in [-0.2, 0) is 13.1 Å². The first-order valence-corrected chi connectivity index (χ1v) is 7.95. The highest BCUT2D eigenvalue weighted by Crippen LogP contribution is 2.24. The largest absolute Gasteiger partial charge is 0.439 e. The minimum absolute atomic E-state index is 0.462. The Morgan fingerprint density at radius 3 is 2.96 bits per heavy atom. The van der Waals surface area contributed by atoms with Crippen LogP contribution in [0.15, 0.2) is 53.6 Å². The lowest BCUT2D eigenvalue weighted by molar-refractivity contribution is 0.200. The highest BCUT2D eigenvalue weighted by atomic mass is 16.4. The summed E-state index contributed by atoms with van der Waals surface area (Å²) in [6.45, 7) is 2.68. The molecule has 0 bridgehead atoms. The molecular weight excluding hydrogens is 290 g/mol. The highest BCUT2D eigenvalue weighted by Gasteiger charge is 2.26. The molecule has 1 aromatic carbocycles. The molecule has 23 heavy (non-hydrogen) atoms. The fraction of sp³-hybridized carbons (Fsp3) is 0.353. The molecule has 1 fully saturated rings. The van der Waals surface area contributed by atoms with E-state index in [2.05, 4.69) is 20.0 Å². The first-order chi connectivity index (χ1) is 11.4. The van der Waals surface area contributed by atoms with Crippen LogP contribution < -0.4 is 0 Å². The van der Waals surface area contributed by atoms with Gasteiger partial charge in [-0.15, -0.1) is 0 Å². The number of likely N-dealkylation sites (tertiary alicyclic amines) is 1. The molecule has 0 amide bonds. The molecule has 0 saturated carbocycles. The van der Waals surface area contributed by atoms with Crippen molar-refractivity contribution >= 4 is 0 Å². The number of rotatable bonds is 5. The van der Waals surface area contributed by atoms with E-state index in [4.69, 9.17) is 4.42 Å². The monoisotopic (exact) mass is 309 g/mol. The van der Waals surface area contributed by atoms with E-state index in [1.807, 2.05) is 41.2 Å². The molecule has 0 spiro atoms. The fourth-order valence-electron chi connectivity index (χ4n) is 3.15. The predicted octanol–water partition coefficient (Wildman–Crippen LogP) is 2.60. The molecule has 0 aliphatic carbocycles. The van der Waals surface area contributed by atoms with Crippen molar-refractivity contribution in [3.05, 3.63) is 55.1 Å². The molecule has 1 aliphatic rings. The van der Waals surface area contributed by atoms with Crippen LogP contribution in [-0.4, -0.2) is 37.2 Å². The lowest BCUT2D eigenvalue weighted by atomic mass is 10.2. The summed E-state index contributed by atoms with van der Waals surface area (Å²) in [5, 5.41) is 4.20. The Labute approximate surface area is 134 Å². The van der Waals surface area contributed by atoms with Gasteiger partial charge in [-0.2, -0.15) is 5.10 Å². The van der Waals surface area contributed by atoms with Crippen molar-refractivity contribution in [3.63, 3.8) is 0 Å². The zero-order chi connectivity index (χ0) is 15.5. The molecule has 1 saturated heterocycles. The maximum absolute atomic E-state index is 5.93. The van der Waals surface area contributed by atoms with Crippen molar-refractivity contribution < 1.29 is 4.42 Å². The molecule has 3 heterocycles. The van der Waals surface area contributed by atoms with Gasteiger partial charge in [-0.05, 0) is 19.4 Å². The number of aromatic nitrogens is 4. The van der Waals surface area contributed by atoms with Crippen LogP contribution in [0, 0.1) is 0 Å². The molecule has 2 aromatic heterocycles. The molecule has 118 valence electrons. The minimum Gasteiger partial charge on any atom is -0.439 e. The third kappa shape index (κ3) is 3.17. The van der Waals surface area contributed by atoms with Crippen molar-refractivity contribution in [2.24, 2.45) is 0 Å². The van der Waals surface area contributed by atoms with Crippen molar-refractivity contribution in [1.29, 1.82) is 0 Å². The van der Waals surface area contributed by atoms with Crippen molar-refractivity contribution in [2.45, 2.75) is 32.0 Å². The Balaban J connectivity index is 1.44. The van der Waals surface area contributed by atoms with E-state index in [9.17, 15) is 0 Å². The van der Waals surface area contributed by atoms with Crippen molar-refractivity contribution in [2.75, 3.05) is 6.54 Å². The van der Waals surface area contributed by atoms with E-state index in [-0.39, 0.29) is 0 Å². The Kier molecular flexibility index (Phi) is 3.90. The van der Waals surface area contributed by atoms with Crippen LogP contribution in [0.5, 0.6) is 0 Å². The molecule has 3 aromatic rings. The zero-order valence-corrected chi connectivity index (χ0v) is 12.9. The van der Waals surface area contributed by atoms with Crippen LogP contribution in [0.3, 0.4) is 0 Å². The molecule has 4 rings (SSSR count). The normalized spacial score (nSPS) is 18.5. The summed E-state index contributed by atoms with van der Waals surface area (Å²) >= 11 is 0. The number of nitrogens with zero attached hydrogens (tertiary/aromatic N) is 5. The van der Waals surface area contributed by atoms with Gasteiger partial charge in [0.15, 0.2) is 5.76 Å². The summed E-state index contributed by atoms with van der Waals surface area (Å²) in [5.74, 6) is 1.60. The maximum Gasteiger partial charge on any atom is 0.209 e. The molecular formula is C17H19N5O. The van der Waals surface area contributed by atoms with Gasteiger partial charge in [0.2, 0.25) is 5.89 Å². The summed E-state index contributed by atoms with van der Waals surface area (Å²) in [6.07, 6.45) is 7.54. The Morgan fingerprint density at radius 2 is 2.13 bits per heavy atom. The Bertz CT molecular complexity index is 737. The van der Waals surface area contributed by atoms with Gasteiger partial charge in [-0.1, -0.05) is 30.3 Å². The topological polar surface area (TPSA) is 60.0 Å². The van der Waals surface area contributed by atoms with E-state index >= 15 is 0 Å². The van der Waals surface area contributed by atoms with Crippen LogP contribution in [0.25, 0.3) is 11.3 Å². The quantitative estimate of drug-likeness (QED) is 0.725. The smallest absolute Gasteiger partial charge is 0.209 e. The van der Waals surface area contributed by atoms with E-state index in [1.54, 1.807) is 12.7 Å². The number of oxazole rings is 1. The molecule has 1 atom stereocenters. The Hall–Kier alpha value is -2.47. The second kappa shape index (κ2) is 6.34. The molecule has 0 N–H and O–H groups in total. The second-order valence-electron chi connectivity index (χ2n) is 5.87. The van der Waals surface area contributed by atoms with Gasteiger partial charge in [0.05, 0.1) is 19.3 Å². The SMILES string of the molecule is c1ccc(-c2cnc(CN3CCC[C@@H]3Cn3cncn3)o2)cc1. The van der Waals surface area contributed by atoms with Crippen LogP contribution in [0.2, 0.25) is 0 Å². The molecule has 6 nitrogen and oxygen atoms in total. The van der Waals surface area contributed by atoms with Crippen LogP contribution in [0.1, 0.15) is 18.7 Å². The molecule has 0 radical (unpaired) electrons. The van der Waals surface area contributed by atoms with Crippen molar-refractivity contribution in [1.82, 2.24) is 24.6 Å². The number of hydrogen-bond acceptors (Lipinski definition) is 5. The second-order valence-corrected chi connectivity index (χ2v) is 5.87. The highest BCUT2D eigenvalue weighted by molar-refractivity contribution is 5.55. The minimum atomic E-state index is 0.462. The van der Waals surface area contributed by atoms with Crippen LogP contribution in [0.4, 0.5) is 0 Å². The van der Waals surface area contributed by atoms with Gasteiger partial charge >= 0.3 is 0 Å².